The molecule has 0 aliphatic rings. The minimum Gasteiger partial charge on any atom is -0.351 e. The van der Waals surface area contributed by atoms with Crippen LogP contribution in [0.25, 0.3) is 10.9 Å². The van der Waals surface area contributed by atoms with Crippen molar-refractivity contribution in [2.45, 2.75) is 0 Å². The molecule has 138 valence electrons. The van der Waals surface area contributed by atoms with Crippen molar-refractivity contribution in [3.63, 3.8) is 0 Å². The largest absolute Gasteiger partial charge is 0.351 e. The van der Waals surface area contributed by atoms with Crippen molar-refractivity contribution in [3.8, 4) is 0 Å². The van der Waals surface area contributed by atoms with Crippen LogP contribution in [0.1, 0.15) is 20.7 Å². The first kappa shape index (κ1) is 18.5. The highest BCUT2D eigenvalue weighted by atomic mass is 16.2. The van der Waals surface area contributed by atoms with Crippen molar-refractivity contribution in [3.05, 3.63) is 71.9 Å². The maximum atomic E-state index is 12.7. The zero-order chi connectivity index (χ0) is 19.2. The van der Waals surface area contributed by atoms with E-state index in [1.165, 1.54) is 0 Å². The van der Waals surface area contributed by atoms with Gasteiger partial charge in [-0.1, -0.05) is 24.3 Å². The fourth-order valence-electron chi connectivity index (χ4n) is 2.70. The Balaban J connectivity index is 1.74. The first-order chi connectivity index (χ1) is 13.0. The third-order valence-electron chi connectivity index (χ3n) is 4.11. The number of nitrogens with zero attached hydrogens (tertiary/aromatic N) is 2. The van der Waals surface area contributed by atoms with Crippen LogP contribution in [0.15, 0.2) is 60.8 Å². The molecule has 0 atom stereocenters. The van der Waals surface area contributed by atoms with Crippen LogP contribution in [-0.4, -0.2) is 48.9 Å². The lowest BCUT2D eigenvalue weighted by molar-refractivity contribution is 0.0951. The molecule has 1 aromatic heterocycles. The van der Waals surface area contributed by atoms with Crippen molar-refractivity contribution >= 4 is 28.4 Å². The molecule has 0 bridgehead atoms. The van der Waals surface area contributed by atoms with Gasteiger partial charge < -0.3 is 15.5 Å². The van der Waals surface area contributed by atoms with Gasteiger partial charge in [0, 0.05) is 35.8 Å². The molecule has 0 saturated heterocycles. The fraction of sp³-hybridized carbons (Fsp3) is 0.190. The highest BCUT2D eigenvalue weighted by Crippen LogP contribution is 2.21. The van der Waals surface area contributed by atoms with Gasteiger partial charge in [0.25, 0.3) is 11.8 Å². The number of carbonyl (C=O) groups excluding carboxylic acids is 2. The number of carbonyl (C=O) groups is 2. The van der Waals surface area contributed by atoms with Gasteiger partial charge in [-0.2, -0.15) is 0 Å². The average molecular weight is 362 g/mol. The minimum atomic E-state index is -0.281. The lowest BCUT2D eigenvalue weighted by Gasteiger charge is -2.11. The molecule has 3 aromatic rings. The van der Waals surface area contributed by atoms with Crippen LogP contribution in [0.5, 0.6) is 0 Å². The number of nitrogens with one attached hydrogen (secondary N) is 2. The van der Waals surface area contributed by atoms with Crippen LogP contribution in [0.2, 0.25) is 0 Å². The molecule has 2 amide bonds. The Morgan fingerprint density at radius 3 is 2.44 bits per heavy atom. The summed E-state index contributed by atoms with van der Waals surface area (Å²) in [5.41, 5.74) is 2.24. The smallest absolute Gasteiger partial charge is 0.255 e. The summed E-state index contributed by atoms with van der Waals surface area (Å²) < 4.78 is 0. The summed E-state index contributed by atoms with van der Waals surface area (Å²) in [7, 11) is 3.89. The van der Waals surface area contributed by atoms with Crippen LogP contribution in [-0.2, 0) is 0 Å². The summed E-state index contributed by atoms with van der Waals surface area (Å²) >= 11 is 0. The molecule has 0 aliphatic heterocycles. The van der Waals surface area contributed by atoms with E-state index in [1.54, 1.807) is 30.5 Å². The second-order valence-electron chi connectivity index (χ2n) is 6.47. The molecule has 6 nitrogen and oxygen atoms in total. The standard InChI is InChI=1S/C21H22N4O2/c1-25(2)13-12-23-20(26)16-7-3-8-17(14-16)21(27)24-18-10-4-6-15-9-5-11-22-19(15)18/h3-11,14H,12-13H2,1-2H3,(H,23,26)(H,24,27). The van der Waals surface area contributed by atoms with Gasteiger partial charge >= 0.3 is 0 Å². The molecule has 3 rings (SSSR count). The summed E-state index contributed by atoms with van der Waals surface area (Å²) in [6.07, 6.45) is 1.69. The summed E-state index contributed by atoms with van der Waals surface area (Å²) in [4.78, 5) is 31.2. The van der Waals surface area contributed by atoms with Crippen molar-refractivity contribution in [2.24, 2.45) is 0 Å². The third-order valence-corrected chi connectivity index (χ3v) is 4.11. The first-order valence-electron chi connectivity index (χ1n) is 8.72. The van der Waals surface area contributed by atoms with Gasteiger partial charge in [0.2, 0.25) is 0 Å². The van der Waals surface area contributed by atoms with Gasteiger partial charge in [0.1, 0.15) is 0 Å². The SMILES string of the molecule is CN(C)CCNC(=O)c1cccc(C(=O)Nc2cccc3cccnc23)c1. The number of rotatable bonds is 6. The molecule has 27 heavy (non-hydrogen) atoms. The molecule has 0 saturated carbocycles. The number of anilines is 1. The van der Waals surface area contributed by atoms with Crippen LogP contribution >= 0.6 is 0 Å². The molecule has 0 spiro atoms. The van der Waals surface area contributed by atoms with Crippen LogP contribution < -0.4 is 10.6 Å². The van der Waals surface area contributed by atoms with E-state index in [1.807, 2.05) is 49.3 Å². The number of hydrogen-bond donors (Lipinski definition) is 2. The maximum Gasteiger partial charge on any atom is 0.255 e. The highest BCUT2D eigenvalue weighted by molar-refractivity contribution is 6.09. The highest BCUT2D eigenvalue weighted by Gasteiger charge is 2.12. The predicted molar refractivity (Wildman–Crippen MR) is 107 cm³/mol. The summed E-state index contributed by atoms with van der Waals surface area (Å²) in [5, 5.41) is 6.68. The zero-order valence-electron chi connectivity index (χ0n) is 15.4. The predicted octanol–water partition coefficient (Wildman–Crippen LogP) is 2.78. The number of benzene rings is 2. The zero-order valence-corrected chi connectivity index (χ0v) is 15.4. The molecule has 2 aromatic carbocycles. The maximum absolute atomic E-state index is 12.7. The van der Waals surface area contributed by atoms with E-state index in [4.69, 9.17) is 0 Å². The van der Waals surface area contributed by atoms with Crippen LogP contribution in [0.3, 0.4) is 0 Å². The topological polar surface area (TPSA) is 74.3 Å². The summed E-state index contributed by atoms with van der Waals surface area (Å²) in [6, 6.07) is 16.1. The van der Waals surface area contributed by atoms with E-state index >= 15 is 0 Å². The number of amides is 2. The van der Waals surface area contributed by atoms with E-state index in [2.05, 4.69) is 15.6 Å². The fourth-order valence-corrected chi connectivity index (χ4v) is 2.70. The van der Waals surface area contributed by atoms with E-state index in [9.17, 15) is 9.59 Å². The lowest BCUT2D eigenvalue weighted by atomic mass is 10.1. The molecule has 0 radical (unpaired) electrons. The Kier molecular flexibility index (Phi) is 5.78. The molecule has 0 fully saturated rings. The Bertz CT molecular complexity index is 964. The monoisotopic (exact) mass is 362 g/mol. The van der Waals surface area contributed by atoms with E-state index in [0.29, 0.717) is 23.4 Å². The third kappa shape index (κ3) is 4.68. The number of pyridine rings is 1. The Morgan fingerprint density at radius 1 is 0.963 bits per heavy atom. The van der Waals surface area contributed by atoms with Gasteiger partial charge in [-0.3, -0.25) is 14.6 Å². The quantitative estimate of drug-likeness (QED) is 0.707. The summed E-state index contributed by atoms with van der Waals surface area (Å²) in [6.45, 7) is 1.30. The molecule has 1 heterocycles. The van der Waals surface area contributed by atoms with Crippen molar-refractivity contribution in [1.29, 1.82) is 0 Å². The van der Waals surface area contributed by atoms with E-state index in [-0.39, 0.29) is 11.8 Å². The molecule has 0 aliphatic carbocycles. The Hall–Kier alpha value is -3.25. The van der Waals surface area contributed by atoms with Gasteiger partial charge in [-0.05, 0) is 44.4 Å². The van der Waals surface area contributed by atoms with Gasteiger partial charge in [0.05, 0.1) is 11.2 Å². The molecule has 0 unspecified atom stereocenters. The molecule has 2 N–H and O–H groups in total. The van der Waals surface area contributed by atoms with E-state index < -0.39 is 0 Å². The first-order valence-corrected chi connectivity index (χ1v) is 8.72. The lowest BCUT2D eigenvalue weighted by Crippen LogP contribution is -2.31. The Morgan fingerprint density at radius 2 is 1.67 bits per heavy atom. The van der Waals surface area contributed by atoms with Gasteiger partial charge in [-0.15, -0.1) is 0 Å². The number of aromatic nitrogens is 1. The van der Waals surface area contributed by atoms with Crippen molar-refractivity contribution in [2.75, 3.05) is 32.5 Å². The van der Waals surface area contributed by atoms with Crippen LogP contribution in [0.4, 0.5) is 5.69 Å². The van der Waals surface area contributed by atoms with Crippen molar-refractivity contribution in [1.82, 2.24) is 15.2 Å². The molecule has 6 heteroatoms. The second kappa shape index (κ2) is 8.42. The van der Waals surface area contributed by atoms with Crippen LogP contribution in [0, 0.1) is 0 Å². The number of likely N-dealkylation sites (N-methyl/N-ethyl adjacent to an activating group) is 1. The van der Waals surface area contributed by atoms with Gasteiger partial charge in [-0.25, -0.2) is 0 Å². The normalized spacial score (nSPS) is 10.8. The number of hydrogen-bond acceptors (Lipinski definition) is 4. The molecular weight excluding hydrogens is 340 g/mol. The van der Waals surface area contributed by atoms with Gasteiger partial charge in [0.15, 0.2) is 0 Å². The Labute approximate surface area is 158 Å². The number of para-hydroxylation sites is 1. The summed E-state index contributed by atoms with van der Waals surface area (Å²) in [5.74, 6) is -0.477. The van der Waals surface area contributed by atoms with Crippen molar-refractivity contribution < 1.29 is 9.59 Å². The van der Waals surface area contributed by atoms with E-state index in [0.717, 1.165) is 17.4 Å². The minimum absolute atomic E-state index is 0.196. The molecular formula is C21H22N4O2. The second-order valence-corrected chi connectivity index (χ2v) is 6.47. The number of fused-ring (bicyclic) bond motifs is 1. The average Bonchev–Trinajstić information content (AvgIpc) is 2.68.